The normalized spacial score (nSPS) is 11.7. The van der Waals surface area contributed by atoms with Gasteiger partial charge in [0.2, 0.25) is 0 Å². The Morgan fingerprint density at radius 1 is 1.13 bits per heavy atom. The number of halogens is 1. The first-order valence-corrected chi connectivity index (χ1v) is 12.6. The van der Waals surface area contributed by atoms with Gasteiger partial charge in [0.25, 0.3) is 11.5 Å². The number of carbonyl (C=O) groups is 1. The zero-order valence-corrected chi connectivity index (χ0v) is 22.6. The van der Waals surface area contributed by atoms with Crippen LogP contribution in [0.15, 0.2) is 52.3 Å². The lowest BCUT2D eigenvalue weighted by Crippen LogP contribution is -2.38. The number of benzene rings is 1. The quantitative estimate of drug-likeness (QED) is 0.360. The molecule has 5 rings (SSSR count). The number of hydrogen-bond donors (Lipinski definition) is 1. The average Bonchev–Trinajstić information content (AvgIpc) is 3.45. The Kier molecular flexibility index (Phi) is 6.44. The molecule has 4 aromatic heterocycles. The molecule has 5 aromatic rings. The summed E-state index contributed by atoms with van der Waals surface area (Å²) in [5, 5.41) is 9.23. The molecule has 0 aliphatic heterocycles. The Morgan fingerprint density at radius 3 is 2.61 bits per heavy atom. The molecule has 0 unspecified atom stereocenters. The van der Waals surface area contributed by atoms with Crippen LogP contribution in [-0.4, -0.2) is 41.4 Å². The third-order valence-corrected chi connectivity index (χ3v) is 6.86. The maximum absolute atomic E-state index is 13.6. The van der Waals surface area contributed by atoms with Crippen LogP contribution in [0.1, 0.15) is 29.8 Å². The summed E-state index contributed by atoms with van der Waals surface area (Å²) in [5.41, 5.74) is 2.68. The minimum absolute atomic E-state index is 0.142. The molecule has 0 atom stereocenters. The van der Waals surface area contributed by atoms with E-state index in [9.17, 15) is 14.4 Å². The molecule has 0 saturated heterocycles. The first kappa shape index (κ1) is 25.5. The lowest BCUT2D eigenvalue weighted by atomic mass is 10.1. The van der Waals surface area contributed by atoms with Gasteiger partial charge in [-0.1, -0.05) is 25.4 Å². The van der Waals surface area contributed by atoms with E-state index in [4.69, 9.17) is 16.7 Å². The number of nitrogens with one attached hydrogen (secondary N) is 1. The SMILES string of the molecule is CNC(=O)c1cc(-c2c3c(=O)n(C)c(=O)n(CC(C)C)c3nn2Cc2ccnc3ccc(Cl)cc23)n(C)c1. The van der Waals surface area contributed by atoms with Crippen molar-refractivity contribution in [2.75, 3.05) is 7.05 Å². The predicted molar refractivity (Wildman–Crippen MR) is 148 cm³/mol. The molecule has 10 nitrogen and oxygen atoms in total. The summed E-state index contributed by atoms with van der Waals surface area (Å²) in [6, 6.07) is 9.10. The van der Waals surface area contributed by atoms with Gasteiger partial charge >= 0.3 is 5.69 Å². The van der Waals surface area contributed by atoms with Crippen LogP contribution in [0.4, 0.5) is 0 Å². The highest BCUT2D eigenvalue weighted by atomic mass is 35.5. The van der Waals surface area contributed by atoms with E-state index in [2.05, 4.69) is 10.3 Å². The standard InChI is InChI=1S/C27H28ClN7O3/c1-15(2)12-34-24-22(26(37)33(5)27(34)38)23(21-10-17(13-32(21)4)25(36)29-3)35(31-24)14-16-8-9-30-20-7-6-18(28)11-19(16)20/h6-11,13,15H,12,14H2,1-5H3,(H,29,36). The van der Waals surface area contributed by atoms with Gasteiger partial charge in [-0.2, -0.15) is 5.10 Å². The number of amides is 1. The van der Waals surface area contributed by atoms with Crippen molar-refractivity contribution < 1.29 is 4.79 Å². The zero-order chi connectivity index (χ0) is 27.3. The summed E-state index contributed by atoms with van der Waals surface area (Å²) in [7, 11) is 4.84. The summed E-state index contributed by atoms with van der Waals surface area (Å²) in [4.78, 5) is 43.6. The van der Waals surface area contributed by atoms with Crippen molar-refractivity contribution in [3.63, 3.8) is 0 Å². The maximum Gasteiger partial charge on any atom is 0.332 e. The molecule has 0 aliphatic rings. The summed E-state index contributed by atoms with van der Waals surface area (Å²) in [6.07, 6.45) is 3.42. The number of pyridine rings is 1. The number of aryl methyl sites for hydroxylation is 1. The van der Waals surface area contributed by atoms with Crippen molar-refractivity contribution >= 4 is 39.4 Å². The van der Waals surface area contributed by atoms with Gasteiger partial charge in [0.05, 0.1) is 23.3 Å². The molecule has 0 spiro atoms. The summed E-state index contributed by atoms with van der Waals surface area (Å²) in [5.74, 6) is -0.107. The molecule has 1 aromatic carbocycles. The number of fused-ring (bicyclic) bond motifs is 2. The van der Waals surface area contributed by atoms with Gasteiger partial charge in [0.1, 0.15) is 11.1 Å². The number of hydrogen-bond acceptors (Lipinski definition) is 5. The fourth-order valence-corrected chi connectivity index (χ4v) is 4.98. The van der Waals surface area contributed by atoms with Crippen molar-refractivity contribution in [2.45, 2.75) is 26.9 Å². The zero-order valence-electron chi connectivity index (χ0n) is 21.8. The Balaban J connectivity index is 1.86. The Labute approximate surface area is 223 Å². The summed E-state index contributed by atoms with van der Waals surface area (Å²) < 4.78 is 6.17. The lowest BCUT2D eigenvalue weighted by Gasteiger charge is -2.11. The molecule has 0 fully saturated rings. The van der Waals surface area contributed by atoms with Crippen LogP contribution < -0.4 is 16.6 Å². The fourth-order valence-electron chi connectivity index (χ4n) is 4.81. The predicted octanol–water partition coefficient (Wildman–Crippen LogP) is 3.17. The first-order valence-electron chi connectivity index (χ1n) is 12.2. The summed E-state index contributed by atoms with van der Waals surface area (Å²) in [6.45, 7) is 4.68. The largest absolute Gasteiger partial charge is 0.355 e. The van der Waals surface area contributed by atoms with Crippen LogP contribution in [0.5, 0.6) is 0 Å². The fraction of sp³-hybridized carbons (Fsp3) is 0.296. The van der Waals surface area contributed by atoms with Crippen molar-refractivity contribution in [3.05, 3.63) is 79.7 Å². The van der Waals surface area contributed by atoms with E-state index in [0.29, 0.717) is 39.6 Å². The van der Waals surface area contributed by atoms with Gasteiger partial charge in [-0.25, -0.2) is 4.79 Å². The van der Waals surface area contributed by atoms with Crippen LogP contribution in [0.2, 0.25) is 5.02 Å². The second-order valence-electron chi connectivity index (χ2n) is 9.79. The highest BCUT2D eigenvalue weighted by Crippen LogP contribution is 2.30. The van der Waals surface area contributed by atoms with Crippen LogP contribution in [0.3, 0.4) is 0 Å². The smallest absolute Gasteiger partial charge is 0.332 e. The molecular weight excluding hydrogens is 506 g/mol. The van der Waals surface area contributed by atoms with Gasteiger partial charge in [-0.15, -0.1) is 0 Å². The van der Waals surface area contributed by atoms with Crippen LogP contribution in [0, 0.1) is 5.92 Å². The molecule has 0 bridgehead atoms. The number of carbonyl (C=O) groups excluding carboxylic acids is 1. The van der Waals surface area contributed by atoms with Crippen molar-refractivity contribution in [1.29, 1.82) is 0 Å². The van der Waals surface area contributed by atoms with Gasteiger partial charge in [-0.3, -0.25) is 28.4 Å². The number of rotatable bonds is 6. The van der Waals surface area contributed by atoms with E-state index in [-0.39, 0.29) is 18.4 Å². The maximum atomic E-state index is 13.6. The molecule has 1 amide bonds. The average molecular weight is 534 g/mol. The minimum atomic E-state index is -0.448. The number of nitrogens with zero attached hydrogens (tertiary/aromatic N) is 6. The van der Waals surface area contributed by atoms with Crippen molar-refractivity contribution in [1.82, 2.24) is 33.8 Å². The monoisotopic (exact) mass is 533 g/mol. The Bertz CT molecular complexity index is 1840. The van der Waals surface area contributed by atoms with Crippen molar-refractivity contribution in [3.8, 4) is 11.4 Å². The molecule has 11 heteroatoms. The number of aromatic nitrogens is 6. The van der Waals surface area contributed by atoms with E-state index in [1.165, 1.54) is 7.05 Å². The van der Waals surface area contributed by atoms with Crippen LogP contribution in [0.25, 0.3) is 33.3 Å². The molecule has 1 N–H and O–H groups in total. The minimum Gasteiger partial charge on any atom is -0.355 e. The highest BCUT2D eigenvalue weighted by molar-refractivity contribution is 6.31. The van der Waals surface area contributed by atoms with Gasteiger partial charge in [0.15, 0.2) is 5.65 Å². The summed E-state index contributed by atoms with van der Waals surface area (Å²) >= 11 is 6.30. The van der Waals surface area contributed by atoms with Crippen molar-refractivity contribution in [2.24, 2.45) is 20.0 Å². The molecule has 196 valence electrons. The van der Waals surface area contributed by atoms with E-state index >= 15 is 0 Å². The van der Waals surface area contributed by atoms with E-state index in [0.717, 1.165) is 21.0 Å². The van der Waals surface area contributed by atoms with Gasteiger partial charge in [-0.05, 0) is 41.8 Å². The lowest BCUT2D eigenvalue weighted by molar-refractivity contribution is 0.0963. The first-order chi connectivity index (χ1) is 18.1. The van der Waals surface area contributed by atoms with E-state index in [1.54, 1.807) is 52.4 Å². The molecular formula is C27H28ClN7O3. The third-order valence-electron chi connectivity index (χ3n) is 6.62. The molecule has 4 heterocycles. The van der Waals surface area contributed by atoms with E-state index < -0.39 is 11.2 Å². The van der Waals surface area contributed by atoms with E-state index in [1.807, 2.05) is 32.0 Å². The molecule has 38 heavy (non-hydrogen) atoms. The Hall–Kier alpha value is -4.18. The molecule has 0 aliphatic carbocycles. The topological polar surface area (TPSA) is 109 Å². The Morgan fingerprint density at radius 2 is 1.89 bits per heavy atom. The molecule has 0 radical (unpaired) electrons. The second kappa shape index (κ2) is 9.60. The molecule has 0 saturated carbocycles. The highest BCUT2D eigenvalue weighted by Gasteiger charge is 2.25. The van der Waals surface area contributed by atoms with Crippen LogP contribution >= 0.6 is 11.6 Å². The third kappa shape index (κ3) is 4.20. The van der Waals surface area contributed by atoms with Gasteiger partial charge in [0, 0.05) is 50.5 Å². The van der Waals surface area contributed by atoms with Crippen LogP contribution in [-0.2, 0) is 27.2 Å². The second-order valence-corrected chi connectivity index (χ2v) is 10.2. The van der Waals surface area contributed by atoms with Gasteiger partial charge < -0.3 is 9.88 Å².